The van der Waals surface area contributed by atoms with Crippen molar-refractivity contribution in [2.45, 2.75) is 6.04 Å². The summed E-state index contributed by atoms with van der Waals surface area (Å²) >= 11 is 0. The number of aromatic amines is 1. The van der Waals surface area contributed by atoms with E-state index in [0.717, 1.165) is 22.4 Å². The van der Waals surface area contributed by atoms with Crippen LogP contribution in [0.3, 0.4) is 0 Å². The van der Waals surface area contributed by atoms with Crippen LogP contribution < -0.4 is 9.64 Å². The summed E-state index contributed by atoms with van der Waals surface area (Å²) in [5, 5.41) is 7.32. The van der Waals surface area contributed by atoms with Crippen molar-refractivity contribution in [3.63, 3.8) is 0 Å². The lowest BCUT2D eigenvalue weighted by atomic mass is 9.95. The van der Waals surface area contributed by atoms with Gasteiger partial charge in [0, 0.05) is 16.8 Å². The molecular weight excluding hydrogens is 381 g/mol. The number of hydrogen-bond donors (Lipinski definition) is 1. The number of para-hydroxylation sites is 1. The summed E-state index contributed by atoms with van der Waals surface area (Å²) in [5.74, 6) is 0.218. The molecule has 1 aliphatic heterocycles. The molecule has 148 valence electrons. The summed E-state index contributed by atoms with van der Waals surface area (Å²) in [4.78, 5) is 15.2. The van der Waals surface area contributed by atoms with E-state index < -0.39 is 6.04 Å². The Hall–Kier alpha value is -3.93. The second-order valence-corrected chi connectivity index (χ2v) is 7.06. The monoisotopic (exact) mass is 399 g/mol. The summed E-state index contributed by atoms with van der Waals surface area (Å²) < 4.78 is 18.9. The van der Waals surface area contributed by atoms with Crippen molar-refractivity contribution in [2.75, 3.05) is 12.0 Å². The molecule has 5 rings (SSSR count). The smallest absolute Gasteiger partial charge is 0.277 e. The van der Waals surface area contributed by atoms with Crippen molar-refractivity contribution in [3.8, 4) is 17.0 Å². The Kier molecular flexibility index (Phi) is 4.32. The zero-order valence-corrected chi connectivity index (χ0v) is 16.2. The first-order chi connectivity index (χ1) is 14.7. The zero-order valence-electron chi connectivity index (χ0n) is 16.2. The van der Waals surface area contributed by atoms with Crippen LogP contribution in [0.1, 0.15) is 27.7 Å². The fourth-order valence-electron chi connectivity index (χ4n) is 3.96. The van der Waals surface area contributed by atoms with E-state index in [-0.39, 0.29) is 11.7 Å². The second kappa shape index (κ2) is 7.15. The van der Waals surface area contributed by atoms with Gasteiger partial charge in [0.2, 0.25) is 0 Å². The van der Waals surface area contributed by atoms with Gasteiger partial charge in [-0.2, -0.15) is 5.10 Å². The molecule has 1 aliphatic rings. The van der Waals surface area contributed by atoms with E-state index in [1.165, 1.54) is 12.1 Å². The van der Waals surface area contributed by atoms with Crippen LogP contribution in [0.15, 0.2) is 78.9 Å². The van der Waals surface area contributed by atoms with Crippen molar-refractivity contribution in [1.82, 2.24) is 10.2 Å². The zero-order chi connectivity index (χ0) is 20.7. The average Bonchev–Trinajstić information content (AvgIpc) is 3.34. The van der Waals surface area contributed by atoms with E-state index in [1.807, 2.05) is 54.6 Å². The first kappa shape index (κ1) is 18.1. The van der Waals surface area contributed by atoms with Gasteiger partial charge in [0.1, 0.15) is 17.3 Å². The van der Waals surface area contributed by atoms with Crippen molar-refractivity contribution in [3.05, 3.63) is 102 Å². The molecule has 0 saturated carbocycles. The van der Waals surface area contributed by atoms with Gasteiger partial charge in [-0.1, -0.05) is 30.3 Å². The van der Waals surface area contributed by atoms with Crippen LogP contribution in [0.2, 0.25) is 0 Å². The number of fused-ring (bicyclic) bond motifs is 1. The summed E-state index contributed by atoms with van der Waals surface area (Å²) in [6.07, 6.45) is 0. The van der Waals surface area contributed by atoms with Crippen LogP contribution in [-0.4, -0.2) is 23.2 Å². The van der Waals surface area contributed by atoms with Crippen LogP contribution in [-0.2, 0) is 0 Å². The molecule has 1 atom stereocenters. The van der Waals surface area contributed by atoms with E-state index in [2.05, 4.69) is 10.2 Å². The Balaban J connectivity index is 1.73. The number of aromatic nitrogens is 2. The molecule has 0 aliphatic carbocycles. The molecule has 3 aromatic carbocycles. The number of methoxy groups -OCH3 is 1. The first-order valence-electron chi connectivity index (χ1n) is 9.54. The molecule has 0 spiro atoms. The number of nitrogens with one attached hydrogen (secondary N) is 1. The molecule has 6 heteroatoms. The van der Waals surface area contributed by atoms with Crippen molar-refractivity contribution < 1.29 is 13.9 Å². The van der Waals surface area contributed by atoms with Gasteiger partial charge >= 0.3 is 0 Å². The molecule has 0 bridgehead atoms. The van der Waals surface area contributed by atoms with Gasteiger partial charge in [0.15, 0.2) is 0 Å². The van der Waals surface area contributed by atoms with Gasteiger partial charge in [-0.25, -0.2) is 4.39 Å². The third-order valence-electron chi connectivity index (χ3n) is 5.33. The number of H-pyrrole nitrogens is 1. The lowest BCUT2D eigenvalue weighted by molar-refractivity contribution is 0.0988. The number of benzene rings is 3. The largest absolute Gasteiger partial charge is 0.497 e. The standard InChI is InChI=1S/C24H18FN3O2/c1-30-19-9-5-6-16(14-19)23-20-21(15-10-12-17(25)13-11-15)26-27-22(20)24(29)28(23)18-7-3-2-4-8-18/h2-14,23H,1H3,(H,26,27). The van der Waals surface area contributed by atoms with Crippen molar-refractivity contribution in [2.24, 2.45) is 0 Å². The summed E-state index contributed by atoms with van der Waals surface area (Å²) in [7, 11) is 1.61. The summed E-state index contributed by atoms with van der Waals surface area (Å²) in [6.45, 7) is 0. The lowest BCUT2D eigenvalue weighted by Gasteiger charge is -2.26. The molecule has 0 fully saturated rings. The molecule has 4 aromatic rings. The van der Waals surface area contributed by atoms with E-state index >= 15 is 0 Å². The maximum atomic E-state index is 13.5. The highest BCUT2D eigenvalue weighted by Crippen LogP contribution is 2.45. The molecule has 30 heavy (non-hydrogen) atoms. The molecule has 1 amide bonds. The molecule has 2 heterocycles. The maximum Gasteiger partial charge on any atom is 0.277 e. The summed E-state index contributed by atoms with van der Waals surface area (Å²) in [5.41, 5.74) is 4.25. The van der Waals surface area contributed by atoms with Crippen LogP contribution in [0.4, 0.5) is 10.1 Å². The molecule has 5 nitrogen and oxygen atoms in total. The molecule has 1 aromatic heterocycles. The minimum absolute atomic E-state index is 0.162. The molecular formula is C24H18FN3O2. The van der Waals surface area contributed by atoms with Crippen molar-refractivity contribution in [1.29, 1.82) is 0 Å². The predicted octanol–water partition coefficient (Wildman–Crippen LogP) is 4.97. The number of halogens is 1. The Labute approximate surface area is 172 Å². The third kappa shape index (κ3) is 2.85. The number of nitrogens with zero attached hydrogens (tertiary/aromatic N) is 2. The highest BCUT2D eigenvalue weighted by atomic mass is 19.1. The second-order valence-electron chi connectivity index (χ2n) is 7.06. The normalized spacial score (nSPS) is 15.3. The topological polar surface area (TPSA) is 58.2 Å². The van der Waals surface area contributed by atoms with Crippen molar-refractivity contribution >= 4 is 11.6 Å². The Morgan fingerprint density at radius 3 is 2.50 bits per heavy atom. The highest BCUT2D eigenvalue weighted by molar-refractivity contribution is 6.11. The third-order valence-corrected chi connectivity index (χ3v) is 5.33. The number of amides is 1. The van der Waals surface area contributed by atoms with Gasteiger partial charge in [0.05, 0.1) is 18.8 Å². The fourth-order valence-corrected chi connectivity index (χ4v) is 3.96. The van der Waals surface area contributed by atoms with E-state index in [0.29, 0.717) is 17.1 Å². The number of hydrogen-bond acceptors (Lipinski definition) is 3. The Morgan fingerprint density at radius 1 is 1.00 bits per heavy atom. The fraction of sp³-hybridized carbons (Fsp3) is 0.0833. The van der Waals surface area contributed by atoms with Gasteiger partial charge in [-0.3, -0.25) is 14.8 Å². The Morgan fingerprint density at radius 2 is 1.77 bits per heavy atom. The van der Waals surface area contributed by atoms with Crippen LogP contribution >= 0.6 is 0 Å². The number of anilines is 1. The molecule has 0 radical (unpaired) electrons. The number of rotatable bonds is 4. The van der Waals surface area contributed by atoms with Gasteiger partial charge in [-0.15, -0.1) is 0 Å². The molecule has 1 unspecified atom stereocenters. The van der Waals surface area contributed by atoms with E-state index in [4.69, 9.17) is 4.74 Å². The first-order valence-corrected chi connectivity index (χ1v) is 9.54. The lowest BCUT2D eigenvalue weighted by Crippen LogP contribution is -2.29. The van der Waals surface area contributed by atoms with Crippen LogP contribution in [0.5, 0.6) is 5.75 Å². The number of carbonyl (C=O) groups excluding carboxylic acids is 1. The van der Waals surface area contributed by atoms with E-state index in [1.54, 1.807) is 24.1 Å². The average molecular weight is 399 g/mol. The minimum atomic E-state index is -0.399. The van der Waals surface area contributed by atoms with Gasteiger partial charge in [-0.05, 0) is 54.1 Å². The van der Waals surface area contributed by atoms with Gasteiger partial charge in [0.25, 0.3) is 5.91 Å². The Bertz CT molecular complexity index is 1220. The number of carbonyl (C=O) groups is 1. The quantitative estimate of drug-likeness (QED) is 0.527. The van der Waals surface area contributed by atoms with Crippen LogP contribution in [0, 0.1) is 5.82 Å². The van der Waals surface area contributed by atoms with Crippen LogP contribution in [0.25, 0.3) is 11.3 Å². The molecule has 1 N–H and O–H groups in total. The van der Waals surface area contributed by atoms with E-state index in [9.17, 15) is 9.18 Å². The molecule has 0 saturated heterocycles. The SMILES string of the molecule is COc1cccc(C2c3c(-c4ccc(F)cc4)n[nH]c3C(=O)N2c2ccccc2)c1. The summed E-state index contributed by atoms with van der Waals surface area (Å²) in [6, 6.07) is 22.9. The minimum Gasteiger partial charge on any atom is -0.497 e. The number of ether oxygens (including phenoxy) is 1. The predicted molar refractivity (Wildman–Crippen MR) is 112 cm³/mol. The maximum absolute atomic E-state index is 13.5. The highest BCUT2D eigenvalue weighted by Gasteiger charge is 2.43. The van der Waals surface area contributed by atoms with Gasteiger partial charge < -0.3 is 4.74 Å².